The molecule has 2 atom stereocenters. The number of aromatic nitrogens is 1. The van der Waals surface area contributed by atoms with Gasteiger partial charge in [-0.25, -0.2) is 0 Å². The predicted octanol–water partition coefficient (Wildman–Crippen LogP) is 2.69. The second-order valence-corrected chi connectivity index (χ2v) is 8.16. The summed E-state index contributed by atoms with van der Waals surface area (Å²) in [6.45, 7) is 3.44. The Kier molecular flexibility index (Phi) is 5.67. The Balaban J connectivity index is 1.32. The number of nitrogens with zero attached hydrogens (tertiary/aromatic N) is 2. The van der Waals surface area contributed by atoms with E-state index < -0.39 is 0 Å². The molecule has 7 heteroatoms. The summed E-state index contributed by atoms with van der Waals surface area (Å²) in [4.78, 5) is 27.3. The fraction of sp³-hybridized carbons (Fsp3) is 0.500. The number of hydrogen-bond acceptors (Lipinski definition) is 5. The second kappa shape index (κ2) is 8.37. The number of benzene rings is 1. The molecule has 0 radical (unpaired) electrons. The summed E-state index contributed by atoms with van der Waals surface area (Å²) in [5, 5.41) is 10.1. The molecule has 1 saturated heterocycles. The topological polar surface area (TPSA) is 87.5 Å². The lowest BCUT2D eigenvalue weighted by molar-refractivity contribution is 0.0595. The largest absolute Gasteiger partial charge is 0.360 e. The van der Waals surface area contributed by atoms with Gasteiger partial charge in [-0.15, -0.1) is 0 Å². The van der Waals surface area contributed by atoms with E-state index in [2.05, 4.69) is 15.8 Å². The van der Waals surface area contributed by atoms with Crippen molar-refractivity contribution >= 4 is 11.8 Å². The fourth-order valence-corrected chi connectivity index (χ4v) is 3.96. The number of rotatable bonds is 6. The highest BCUT2D eigenvalue weighted by Crippen LogP contribution is 2.40. The summed E-state index contributed by atoms with van der Waals surface area (Å²) >= 11 is 0. The summed E-state index contributed by atoms with van der Waals surface area (Å²) < 4.78 is 5.27. The zero-order valence-electron chi connectivity index (χ0n) is 17.0. The van der Waals surface area contributed by atoms with Crippen molar-refractivity contribution in [1.82, 2.24) is 20.7 Å². The number of piperidine rings is 1. The maximum atomic E-state index is 12.9. The molecule has 154 valence electrons. The molecule has 1 aromatic heterocycles. The van der Waals surface area contributed by atoms with Crippen molar-refractivity contribution in [3.05, 3.63) is 52.9 Å². The highest BCUT2D eigenvalue weighted by atomic mass is 16.5. The van der Waals surface area contributed by atoms with Gasteiger partial charge in [-0.2, -0.15) is 0 Å². The third-order valence-corrected chi connectivity index (χ3v) is 5.79. The molecule has 1 saturated carbocycles. The first-order chi connectivity index (χ1) is 14.0. The van der Waals surface area contributed by atoms with Gasteiger partial charge < -0.3 is 20.1 Å². The molecule has 2 amide bonds. The molecule has 2 heterocycles. The van der Waals surface area contributed by atoms with Gasteiger partial charge >= 0.3 is 0 Å². The zero-order valence-corrected chi connectivity index (χ0v) is 17.0. The minimum atomic E-state index is -0.197. The number of amides is 2. The van der Waals surface area contributed by atoms with Crippen molar-refractivity contribution in [1.29, 1.82) is 0 Å². The van der Waals surface area contributed by atoms with Crippen LogP contribution in [0.4, 0.5) is 0 Å². The van der Waals surface area contributed by atoms with Crippen LogP contribution in [0.3, 0.4) is 0 Å². The van der Waals surface area contributed by atoms with Crippen LogP contribution in [-0.4, -0.2) is 47.5 Å². The van der Waals surface area contributed by atoms with Crippen LogP contribution in [0.2, 0.25) is 0 Å². The van der Waals surface area contributed by atoms with Crippen molar-refractivity contribution in [3.8, 4) is 0 Å². The minimum Gasteiger partial charge on any atom is -0.360 e. The SMILES string of the molecule is CNCc1ccc(C(=O)N2CC[C@@H](NC(=O)c3cc(C4CC4)on3)C[C@H]2C)cc1. The summed E-state index contributed by atoms with van der Waals surface area (Å²) in [5.74, 6) is 1.09. The van der Waals surface area contributed by atoms with Crippen LogP contribution in [-0.2, 0) is 6.54 Å². The lowest BCUT2D eigenvalue weighted by Gasteiger charge is -2.38. The molecular weight excluding hydrogens is 368 g/mol. The van der Waals surface area contributed by atoms with E-state index in [0.717, 1.165) is 43.6 Å². The zero-order chi connectivity index (χ0) is 20.4. The van der Waals surface area contributed by atoms with Crippen LogP contribution in [0.25, 0.3) is 0 Å². The van der Waals surface area contributed by atoms with E-state index in [0.29, 0.717) is 23.7 Å². The van der Waals surface area contributed by atoms with Gasteiger partial charge in [0, 0.05) is 42.7 Å². The molecule has 7 nitrogen and oxygen atoms in total. The molecular formula is C22H28N4O3. The Hall–Kier alpha value is -2.67. The van der Waals surface area contributed by atoms with Crippen LogP contribution in [0.1, 0.15) is 70.7 Å². The molecule has 0 spiro atoms. The Morgan fingerprint density at radius 2 is 1.97 bits per heavy atom. The van der Waals surface area contributed by atoms with E-state index in [1.54, 1.807) is 6.07 Å². The van der Waals surface area contributed by atoms with Crippen molar-refractivity contribution in [2.45, 2.75) is 57.2 Å². The average Bonchev–Trinajstić information content (AvgIpc) is 3.45. The normalized spacial score (nSPS) is 21.8. The van der Waals surface area contributed by atoms with Crippen LogP contribution >= 0.6 is 0 Å². The van der Waals surface area contributed by atoms with Gasteiger partial charge in [-0.05, 0) is 57.4 Å². The van der Waals surface area contributed by atoms with Crippen molar-refractivity contribution in [2.75, 3.05) is 13.6 Å². The molecule has 2 aromatic rings. The molecule has 2 aliphatic rings. The van der Waals surface area contributed by atoms with Crippen LogP contribution in [0.15, 0.2) is 34.9 Å². The van der Waals surface area contributed by atoms with E-state index in [-0.39, 0.29) is 23.9 Å². The second-order valence-electron chi connectivity index (χ2n) is 8.16. The molecule has 2 N–H and O–H groups in total. The standard InChI is InChI=1S/C22H28N4O3/c1-14-11-18(24-21(27)19-12-20(29-25-19)16-7-8-16)9-10-26(14)22(28)17-5-3-15(4-6-17)13-23-2/h3-6,12,14,16,18,23H,7-11,13H2,1-2H3,(H,24,27)/t14-,18-/m1/s1. The predicted molar refractivity (Wildman–Crippen MR) is 109 cm³/mol. The Morgan fingerprint density at radius 1 is 1.21 bits per heavy atom. The first-order valence-corrected chi connectivity index (χ1v) is 10.4. The monoisotopic (exact) mass is 396 g/mol. The molecule has 0 unspecified atom stereocenters. The molecule has 0 bridgehead atoms. The number of carbonyl (C=O) groups is 2. The van der Waals surface area contributed by atoms with Crippen molar-refractivity contribution < 1.29 is 14.1 Å². The third kappa shape index (κ3) is 4.50. The number of hydrogen-bond donors (Lipinski definition) is 2. The van der Waals surface area contributed by atoms with E-state index in [1.807, 2.05) is 43.1 Å². The number of likely N-dealkylation sites (tertiary alicyclic amines) is 1. The lowest BCUT2D eigenvalue weighted by atomic mass is 9.97. The number of carbonyl (C=O) groups excluding carboxylic acids is 2. The van der Waals surface area contributed by atoms with Gasteiger partial charge in [-0.3, -0.25) is 9.59 Å². The Morgan fingerprint density at radius 3 is 2.62 bits per heavy atom. The van der Waals surface area contributed by atoms with Gasteiger partial charge in [0.1, 0.15) is 5.76 Å². The van der Waals surface area contributed by atoms with E-state index in [9.17, 15) is 9.59 Å². The Labute approximate surface area is 170 Å². The highest BCUT2D eigenvalue weighted by Gasteiger charge is 2.32. The molecule has 2 fully saturated rings. The van der Waals surface area contributed by atoms with Gasteiger partial charge in [0.15, 0.2) is 5.69 Å². The molecule has 1 aliphatic heterocycles. The van der Waals surface area contributed by atoms with Gasteiger partial charge in [0.05, 0.1) is 0 Å². The van der Waals surface area contributed by atoms with E-state index in [1.165, 1.54) is 0 Å². The minimum absolute atomic E-state index is 0.0284. The fourth-order valence-electron chi connectivity index (χ4n) is 3.96. The van der Waals surface area contributed by atoms with E-state index >= 15 is 0 Å². The van der Waals surface area contributed by atoms with E-state index in [4.69, 9.17) is 4.52 Å². The van der Waals surface area contributed by atoms with Crippen LogP contribution < -0.4 is 10.6 Å². The summed E-state index contributed by atoms with van der Waals surface area (Å²) in [6.07, 6.45) is 3.67. The number of nitrogens with one attached hydrogen (secondary N) is 2. The summed E-state index contributed by atoms with van der Waals surface area (Å²) in [6, 6.07) is 9.57. The first kappa shape index (κ1) is 19.6. The molecule has 4 rings (SSSR count). The highest BCUT2D eigenvalue weighted by molar-refractivity contribution is 5.94. The average molecular weight is 396 g/mol. The molecule has 29 heavy (non-hydrogen) atoms. The van der Waals surface area contributed by atoms with Crippen LogP contribution in [0, 0.1) is 0 Å². The van der Waals surface area contributed by atoms with Crippen molar-refractivity contribution in [3.63, 3.8) is 0 Å². The van der Waals surface area contributed by atoms with Crippen molar-refractivity contribution in [2.24, 2.45) is 0 Å². The maximum Gasteiger partial charge on any atom is 0.273 e. The molecule has 1 aliphatic carbocycles. The van der Waals surface area contributed by atoms with Gasteiger partial charge in [-0.1, -0.05) is 17.3 Å². The molecule has 1 aromatic carbocycles. The van der Waals surface area contributed by atoms with Crippen LogP contribution in [0.5, 0.6) is 0 Å². The quantitative estimate of drug-likeness (QED) is 0.784. The smallest absolute Gasteiger partial charge is 0.273 e. The first-order valence-electron chi connectivity index (χ1n) is 10.4. The third-order valence-electron chi connectivity index (χ3n) is 5.79. The lowest BCUT2D eigenvalue weighted by Crippen LogP contribution is -2.51. The summed E-state index contributed by atoms with van der Waals surface area (Å²) in [7, 11) is 1.90. The Bertz CT molecular complexity index is 872. The van der Waals surface area contributed by atoms with Gasteiger partial charge in [0.2, 0.25) is 0 Å². The summed E-state index contributed by atoms with van der Waals surface area (Å²) in [5.41, 5.74) is 2.20. The van der Waals surface area contributed by atoms with Gasteiger partial charge in [0.25, 0.3) is 11.8 Å². The maximum absolute atomic E-state index is 12.9.